The Kier molecular flexibility index (Phi) is 11.7. The third-order valence-electron chi connectivity index (χ3n) is 18.6. The lowest BCUT2D eigenvalue weighted by Gasteiger charge is -2.57. The molecule has 5 saturated heterocycles. The van der Waals surface area contributed by atoms with Gasteiger partial charge in [-0.05, 0) is 149 Å². The SMILES string of the molecule is CCc1cccc2cc(O)cc(-c3ncc4c(N5CC6CCC(C5)N6)nc(OCC5(CN6CCC7(CC6)CC(F)(CN6CCN(c8ccc9c(c8)C(C)(C)C(=O)N9C8CCC(=O)NC8=O)CC6)C7)CC5)nc4c3F)c12. The summed E-state index contributed by atoms with van der Waals surface area (Å²) in [4.78, 5) is 63.9. The van der Waals surface area contributed by atoms with Gasteiger partial charge in [0, 0.05) is 99.4 Å². The molecule has 75 heavy (non-hydrogen) atoms. The third-order valence-corrected chi connectivity index (χ3v) is 18.6. The van der Waals surface area contributed by atoms with E-state index in [-0.39, 0.29) is 52.0 Å². The highest BCUT2D eigenvalue weighted by Crippen LogP contribution is 2.58. The number of phenols is 1. The maximum Gasteiger partial charge on any atom is 0.319 e. The van der Waals surface area contributed by atoms with Gasteiger partial charge in [0.25, 0.3) is 0 Å². The smallest absolute Gasteiger partial charge is 0.319 e. The Balaban J connectivity index is 0.635. The minimum atomic E-state index is -1.19. The topological polar surface area (TPSA) is 160 Å². The minimum Gasteiger partial charge on any atom is -0.508 e. The average molecular weight is 1020 g/mol. The highest BCUT2D eigenvalue weighted by Gasteiger charge is 2.57. The fraction of sp³-hybridized carbons (Fsp3) is 0.552. The van der Waals surface area contributed by atoms with Gasteiger partial charge in [0.05, 0.1) is 17.4 Å². The zero-order chi connectivity index (χ0) is 51.6. The van der Waals surface area contributed by atoms with Crippen LogP contribution in [0.4, 0.5) is 26.0 Å². The number of anilines is 3. The number of aryl methyl sites for hydroxylation is 1. The average Bonchev–Trinajstić information content (AvgIpc) is 4.04. The minimum absolute atomic E-state index is 0.0378. The van der Waals surface area contributed by atoms with Gasteiger partial charge >= 0.3 is 6.01 Å². The molecule has 17 heteroatoms. The van der Waals surface area contributed by atoms with Crippen molar-refractivity contribution < 1.29 is 33.0 Å². The van der Waals surface area contributed by atoms with Gasteiger partial charge in [-0.3, -0.25) is 34.5 Å². The summed E-state index contributed by atoms with van der Waals surface area (Å²) in [6.45, 7) is 14.0. The summed E-state index contributed by atoms with van der Waals surface area (Å²) < 4.78 is 40.4. The molecule has 13 rings (SSSR count). The van der Waals surface area contributed by atoms with Crippen molar-refractivity contribution in [2.45, 2.75) is 121 Å². The van der Waals surface area contributed by atoms with E-state index in [0.717, 1.165) is 137 Å². The molecule has 7 fully saturated rings. The molecule has 3 aromatic carbocycles. The number of aromatic nitrogens is 3. The largest absolute Gasteiger partial charge is 0.508 e. The van der Waals surface area contributed by atoms with Gasteiger partial charge in [-0.1, -0.05) is 25.1 Å². The number of ether oxygens (including phenoxy) is 1. The molecule has 3 amide bonds. The number of hydrogen-bond acceptors (Lipinski definition) is 13. The molecular formula is C58H68F2N10O5. The number of carbonyl (C=O) groups excluding carboxylic acids is 3. The number of rotatable bonds is 12. The van der Waals surface area contributed by atoms with Crippen LogP contribution in [-0.2, 0) is 26.2 Å². The second-order valence-electron chi connectivity index (χ2n) is 24.2. The van der Waals surface area contributed by atoms with Crippen LogP contribution in [-0.4, -0.2) is 143 Å². The second-order valence-corrected chi connectivity index (χ2v) is 24.2. The van der Waals surface area contributed by atoms with Crippen LogP contribution in [0.15, 0.2) is 54.7 Å². The Labute approximate surface area is 436 Å². The maximum atomic E-state index is 17.2. The van der Waals surface area contributed by atoms with E-state index in [1.165, 1.54) is 0 Å². The first-order chi connectivity index (χ1) is 36.1. The number of halogens is 2. The lowest BCUT2D eigenvalue weighted by Crippen LogP contribution is -2.60. The number of piperazine rings is 2. The number of piperidine rings is 2. The molecule has 2 aromatic heterocycles. The number of pyridine rings is 1. The van der Waals surface area contributed by atoms with Crippen molar-refractivity contribution >= 4 is 56.6 Å². The van der Waals surface area contributed by atoms with Crippen molar-refractivity contribution in [3.8, 4) is 23.0 Å². The summed E-state index contributed by atoms with van der Waals surface area (Å²) >= 11 is 0. The van der Waals surface area contributed by atoms with Crippen LogP contribution in [0.3, 0.4) is 0 Å². The monoisotopic (exact) mass is 1020 g/mol. The molecule has 3 unspecified atom stereocenters. The second kappa shape index (κ2) is 18.0. The van der Waals surface area contributed by atoms with E-state index in [0.29, 0.717) is 61.3 Å². The first-order valence-electron chi connectivity index (χ1n) is 27.5. The number of hydrogen-bond donors (Lipinski definition) is 3. The van der Waals surface area contributed by atoms with E-state index in [1.807, 2.05) is 44.2 Å². The molecule has 15 nitrogen and oxygen atoms in total. The molecule has 394 valence electrons. The summed E-state index contributed by atoms with van der Waals surface area (Å²) in [6, 6.07) is 15.4. The van der Waals surface area contributed by atoms with Gasteiger partial charge in [0.1, 0.15) is 34.5 Å². The number of fused-ring (bicyclic) bond motifs is 5. The number of alkyl halides is 1. The number of aromatic hydroxyl groups is 1. The van der Waals surface area contributed by atoms with Gasteiger partial charge < -0.3 is 29.9 Å². The highest BCUT2D eigenvalue weighted by molar-refractivity contribution is 6.14. The Morgan fingerprint density at radius 1 is 0.853 bits per heavy atom. The van der Waals surface area contributed by atoms with E-state index in [9.17, 15) is 19.5 Å². The van der Waals surface area contributed by atoms with Crippen molar-refractivity contribution in [3.05, 3.63) is 71.7 Å². The molecule has 3 atom stereocenters. The number of imide groups is 1. The van der Waals surface area contributed by atoms with E-state index < -0.39 is 28.8 Å². The predicted molar refractivity (Wildman–Crippen MR) is 284 cm³/mol. The quantitative estimate of drug-likeness (QED) is 0.108. The molecule has 8 heterocycles. The van der Waals surface area contributed by atoms with Crippen molar-refractivity contribution in [1.29, 1.82) is 0 Å². The molecule has 8 aliphatic rings. The summed E-state index contributed by atoms with van der Waals surface area (Å²) in [5.74, 6) is -0.745. The number of nitrogens with one attached hydrogen (secondary N) is 2. The lowest BCUT2D eigenvalue weighted by atomic mass is 9.55. The van der Waals surface area contributed by atoms with E-state index in [1.54, 1.807) is 23.2 Å². The van der Waals surface area contributed by atoms with Crippen LogP contribution in [0.1, 0.15) is 96.1 Å². The fourth-order valence-electron chi connectivity index (χ4n) is 14.4. The first-order valence-corrected chi connectivity index (χ1v) is 27.5. The van der Waals surface area contributed by atoms with Gasteiger partial charge in [0.15, 0.2) is 5.82 Å². The number of phenolic OH excluding ortho intramolecular Hbond substituents is 1. The number of likely N-dealkylation sites (tertiary alicyclic amines) is 1. The zero-order valence-electron chi connectivity index (χ0n) is 43.4. The van der Waals surface area contributed by atoms with Gasteiger partial charge in [-0.25, -0.2) is 8.78 Å². The number of nitrogens with zero attached hydrogens (tertiary/aromatic N) is 8. The fourth-order valence-corrected chi connectivity index (χ4v) is 14.4. The molecule has 2 aliphatic carbocycles. The van der Waals surface area contributed by atoms with Crippen LogP contribution in [0.2, 0.25) is 0 Å². The molecule has 2 bridgehead atoms. The number of amides is 3. The normalized spacial score (nSPS) is 25.7. The molecular weight excluding hydrogens is 955 g/mol. The van der Waals surface area contributed by atoms with Crippen LogP contribution < -0.4 is 30.1 Å². The van der Waals surface area contributed by atoms with Gasteiger partial charge in [-0.15, -0.1) is 0 Å². The van der Waals surface area contributed by atoms with Crippen molar-refractivity contribution in [3.63, 3.8) is 0 Å². The summed E-state index contributed by atoms with van der Waals surface area (Å²) in [6.07, 6.45) is 10.3. The number of benzene rings is 3. The van der Waals surface area contributed by atoms with Gasteiger partial charge in [0.2, 0.25) is 17.7 Å². The zero-order valence-corrected chi connectivity index (χ0v) is 43.4. The number of carbonyl (C=O) groups is 3. The van der Waals surface area contributed by atoms with Crippen molar-refractivity contribution in [2.24, 2.45) is 10.8 Å². The molecule has 0 radical (unpaired) electrons. The molecule has 5 aromatic rings. The maximum absolute atomic E-state index is 17.2. The Morgan fingerprint density at radius 3 is 2.32 bits per heavy atom. The standard InChI is InChI=1S/C58H68F2N10O5/c1-4-35-6-5-7-36-24-40(71)26-41(47(35)36)49-48(59)50-42(27-61-49)51(69-28-37-8-9-38(29-69)62-37)65-54(64-50)75-34-57(14-15-57)32-66-18-16-56(17-19-66)30-58(60,31-56)33-67-20-22-68(23-21-67)39-10-11-44-43(25-39)55(2,3)53(74)70(44)45-12-13-46(72)63-52(45)73/h5-7,10-11,24-27,37-38,45,62,71H,4,8-9,12-23,28-34H2,1-3H3,(H,63,72,73). The summed E-state index contributed by atoms with van der Waals surface area (Å²) in [5.41, 5.74) is 2.47. The van der Waals surface area contributed by atoms with Crippen LogP contribution in [0, 0.1) is 16.6 Å². The van der Waals surface area contributed by atoms with Crippen molar-refractivity contribution in [1.82, 2.24) is 35.4 Å². The van der Waals surface area contributed by atoms with Crippen LogP contribution >= 0.6 is 0 Å². The van der Waals surface area contributed by atoms with Crippen LogP contribution in [0.5, 0.6) is 11.8 Å². The molecule has 3 N–H and O–H groups in total. The lowest BCUT2D eigenvalue weighted by molar-refractivity contribution is -0.136. The summed E-state index contributed by atoms with van der Waals surface area (Å²) in [7, 11) is 0. The molecule has 6 aliphatic heterocycles. The van der Waals surface area contributed by atoms with Crippen molar-refractivity contribution in [2.75, 3.05) is 86.8 Å². The Morgan fingerprint density at radius 2 is 1.60 bits per heavy atom. The first kappa shape index (κ1) is 48.6. The van der Waals surface area contributed by atoms with E-state index >= 15 is 8.78 Å². The summed E-state index contributed by atoms with van der Waals surface area (Å²) in [5, 5.41) is 19.1. The molecule has 1 spiro atoms. The highest BCUT2D eigenvalue weighted by atomic mass is 19.1. The Bertz CT molecular complexity index is 3130. The van der Waals surface area contributed by atoms with Crippen LogP contribution in [0.25, 0.3) is 32.9 Å². The van der Waals surface area contributed by atoms with E-state index in [2.05, 4.69) is 43.2 Å². The Hall–Kier alpha value is -6.04. The van der Waals surface area contributed by atoms with E-state index in [4.69, 9.17) is 19.7 Å². The third kappa shape index (κ3) is 8.64. The van der Waals surface area contributed by atoms with Gasteiger partial charge in [-0.2, -0.15) is 9.97 Å². The molecule has 2 saturated carbocycles. The predicted octanol–water partition coefficient (Wildman–Crippen LogP) is 7.19.